The summed E-state index contributed by atoms with van der Waals surface area (Å²) in [5, 5.41) is 15.8. The molecule has 0 amide bonds. The Morgan fingerprint density at radius 1 is 1.35 bits per heavy atom. The fourth-order valence-corrected chi connectivity index (χ4v) is 1.95. The van der Waals surface area contributed by atoms with Gasteiger partial charge >= 0.3 is 0 Å². The molecule has 2 aromatic heterocycles. The number of hydrogen-bond donors (Lipinski definition) is 1. The minimum atomic E-state index is -0.141. The first-order chi connectivity index (χ1) is 9.59. The van der Waals surface area contributed by atoms with Gasteiger partial charge in [-0.1, -0.05) is 5.21 Å². The Kier molecular flexibility index (Phi) is 4.80. The van der Waals surface area contributed by atoms with Crippen LogP contribution in [0.25, 0.3) is 11.0 Å². The third-order valence-corrected chi connectivity index (χ3v) is 3.08. The molecule has 0 atom stereocenters. The van der Waals surface area contributed by atoms with Crippen molar-refractivity contribution >= 4 is 11.0 Å². The van der Waals surface area contributed by atoms with E-state index < -0.39 is 0 Å². The molecular formula is C12H21N7O. The maximum Gasteiger partial charge on any atom is 0.280 e. The van der Waals surface area contributed by atoms with Crippen molar-refractivity contribution in [3.63, 3.8) is 0 Å². The number of nitrogens with zero attached hydrogens (tertiary/aromatic N) is 6. The molecule has 0 radical (unpaired) electrons. The Morgan fingerprint density at radius 2 is 2.15 bits per heavy atom. The van der Waals surface area contributed by atoms with Crippen LogP contribution in [0.3, 0.4) is 0 Å². The summed E-state index contributed by atoms with van der Waals surface area (Å²) >= 11 is 0. The van der Waals surface area contributed by atoms with E-state index in [0.717, 1.165) is 19.5 Å². The van der Waals surface area contributed by atoms with E-state index in [1.54, 1.807) is 11.7 Å². The minimum Gasteiger partial charge on any atom is -0.315 e. The second-order valence-corrected chi connectivity index (χ2v) is 5.03. The lowest BCUT2D eigenvalue weighted by Crippen LogP contribution is -2.30. The molecule has 1 N–H and O–H groups in total. The van der Waals surface area contributed by atoms with E-state index in [4.69, 9.17) is 0 Å². The first kappa shape index (κ1) is 14.6. The molecule has 8 heteroatoms. The molecule has 0 aliphatic rings. The molecule has 0 aliphatic carbocycles. The summed E-state index contributed by atoms with van der Waals surface area (Å²) in [6.45, 7) is 3.19. The zero-order chi connectivity index (χ0) is 14.5. The minimum absolute atomic E-state index is 0.141. The fourth-order valence-electron chi connectivity index (χ4n) is 1.95. The molecule has 8 nitrogen and oxygen atoms in total. The zero-order valence-electron chi connectivity index (χ0n) is 12.2. The van der Waals surface area contributed by atoms with Crippen LogP contribution in [0.2, 0.25) is 0 Å². The lowest BCUT2D eigenvalue weighted by atomic mass is 10.4. The molecule has 0 unspecified atom stereocenters. The third kappa shape index (κ3) is 3.40. The first-order valence-electron chi connectivity index (χ1n) is 6.70. The van der Waals surface area contributed by atoms with Crippen LogP contribution in [-0.4, -0.2) is 63.4 Å². The highest BCUT2D eigenvalue weighted by molar-refractivity contribution is 5.72. The fraction of sp³-hybridized carbons (Fsp3) is 0.667. The van der Waals surface area contributed by atoms with Crippen molar-refractivity contribution < 1.29 is 0 Å². The van der Waals surface area contributed by atoms with Crippen molar-refractivity contribution in [3.05, 3.63) is 16.6 Å². The van der Waals surface area contributed by atoms with Gasteiger partial charge in [0.25, 0.3) is 5.56 Å². The number of aryl methyl sites for hydroxylation is 1. The second-order valence-electron chi connectivity index (χ2n) is 5.03. The van der Waals surface area contributed by atoms with Gasteiger partial charge in [-0.15, -0.1) is 5.10 Å². The Balaban J connectivity index is 1.87. The molecule has 0 saturated heterocycles. The van der Waals surface area contributed by atoms with Crippen LogP contribution in [0.4, 0.5) is 0 Å². The van der Waals surface area contributed by atoms with Gasteiger partial charge in [0, 0.05) is 13.6 Å². The lowest BCUT2D eigenvalue weighted by Gasteiger charge is -2.09. The van der Waals surface area contributed by atoms with E-state index in [0.29, 0.717) is 24.1 Å². The maximum atomic E-state index is 12.1. The van der Waals surface area contributed by atoms with Crippen molar-refractivity contribution in [1.29, 1.82) is 0 Å². The molecule has 0 bridgehead atoms. The van der Waals surface area contributed by atoms with Crippen molar-refractivity contribution in [3.8, 4) is 0 Å². The van der Waals surface area contributed by atoms with Crippen LogP contribution in [0.5, 0.6) is 0 Å². The number of aromatic nitrogens is 5. The SMILES string of the molecule is CN(C)CCCNCCn1nnc2c(cnn2C)c1=O. The van der Waals surface area contributed by atoms with E-state index in [1.807, 2.05) is 0 Å². The van der Waals surface area contributed by atoms with Gasteiger partial charge in [0.2, 0.25) is 0 Å². The standard InChI is InChI=1S/C12H21N7O/c1-17(2)7-4-5-13-6-8-19-12(20)10-9-14-18(3)11(10)15-16-19/h9,13H,4-8H2,1-3H3. The summed E-state index contributed by atoms with van der Waals surface area (Å²) < 4.78 is 2.93. The van der Waals surface area contributed by atoms with Crippen LogP contribution < -0.4 is 10.9 Å². The molecule has 2 heterocycles. The normalized spacial score (nSPS) is 11.6. The maximum absolute atomic E-state index is 12.1. The Hall–Kier alpha value is -1.80. The quantitative estimate of drug-likeness (QED) is 0.659. The Labute approximate surface area is 117 Å². The summed E-state index contributed by atoms with van der Waals surface area (Å²) in [5.74, 6) is 0. The molecule has 110 valence electrons. The molecule has 2 rings (SSSR count). The summed E-state index contributed by atoms with van der Waals surface area (Å²) in [7, 11) is 5.85. The molecular weight excluding hydrogens is 258 g/mol. The average molecular weight is 279 g/mol. The van der Waals surface area contributed by atoms with Gasteiger partial charge in [0.1, 0.15) is 5.39 Å². The van der Waals surface area contributed by atoms with Gasteiger partial charge in [0.05, 0.1) is 12.7 Å². The topological polar surface area (TPSA) is 80.9 Å². The molecule has 0 aromatic carbocycles. The highest BCUT2D eigenvalue weighted by atomic mass is 16.1. The van der Waals surface area contributed by atoms with Gasteiger partial charge in [-0.3, -0.25) is 4.79 Å². The van der Waals surface area contributed by atoms with Crippen molar-refractivity contribution in [2.75, 3.05) is 33.7 Å². The van der Waals surface area contributed by atoms with Crippen LogP contribution in [-0.2, 0) is 13.6 Å². The third-order valence-electron chi connectivity index (χ3n) is 3.08. The summed E-state index contributed by atoms with van der Waals surface area (Å²) in [6.07, 6.45) is 2.61. The summed E-state index contributed by atoms with van der Waals surface area (Å²) in [6, 6.07) is 0. The molecule has 0 saturated carbocycles. The van der Waals surface area contributed by atoms with Crippen LogP contribution in [0, 0.1) is 0 Å². The zero-order valence-corrected chi connectivity index (χ0v) is 12.2. The van der Waals surface area contributed by atoms with Gasteiger partial charge in [-0.05, 0) is 33.6 Å². The van der Waals surface area contributed by atoms with Crippen LogP contribution in [0.1, 0.15) is 6.42 Å². The number of fused-ring (bicyclic) bond motifs is 1. The van der Waals surface area contributed by atoms with E-state index in [-0.39, 0.29) is 5.56 Å². The lowest BCUT2D eigenvalue weighted by molar-refractivity contribution is 0.392. The van der Waals surface area contributed by atoms with E-state index in [2.05, 4.69) is 39.7 Å². The van der Waals surface area contributed by atoms with E-state index in [1.165, 1.54) is 10.9 Å². The summed E-state index contributed by atoms with van der Waals surface area (Å²) in [4.78, 5) is 14.3. The molecule has 2 aromatic rings. The van der Waals surface area contributed by atoms with Crippen LogP contribution >= 0.6 is 0 Å². The Morgan fingerprint density at radius 3 is 2.90 bits per heavy atom. The molecule has 0 aliphatic heterocycles. The van der Waals surface area contributed by atoms with Crippen molar-refractivity contribution in [2.24, 2.45) is 7.05 Å². The van der Waals surface area contributed by atoms with E-state index >= 15 is 0 Å². The largest absolute Gasteiger partial charge is 0.315 e. The first-order valence-corrected chi connectivity index (χ1v) is 6.70. The number of nitrogens with one attached hydrogen (secondary N) is 1. The highest BCUT2D eigenvalue weighted by Gasteiger charge is 2.08. The van der Waals surface area contributed by atoms with Crippen molar-refractivity contribution in [1.82, 2.24) is 35.0 Å². The molecule has 0 fully saturated rings. The Bertz CT molecular complexity index is 616. The molecule has 20 heavy (non-hydrogen) atoms. The van der Waals surface area contributed by atoms with E-state index in [9.17, 15) is 4.79 Å². The van der Waals surface area contributed by atoms with Gasteiger partial charge in [-0.25, -0.2) is 9.36 Å². The summed E-state index contributed by atoms with van der Waals surface area (Å²) in [5.41, 5.74) is 0.378. The number of hydrogen-bond acceptors (Lipinski definition) is 6. The second kappa shape index (κ2) is 6.58. The van der Waals surface area contributed by atoms with Crippen molar-refractivity contribution in [2.45, 2.75) is 13.0 Å². The predicted octanol–water partition coefficient (Wildman–Crippen LogP) is -0.934. The highest BCUT2D eigenvalue weighted by Crippen LogP contribution is 2.01. The molecule has 0 spiro atoms. The van der Waals surface area contributed by atoms with Gasteiger partial charge < -0.3 is 10.2 Å². The average Bonchev–Trinajstić information content (AvgIpc) is 2.78. The predicted molar refractivity (Wildman–Crippen MR) is 76.6 cm³/mol. The van der Waals surface area contributed by atoms with Gasteiger partial charge in [-0.2, -0.15) is 5.10 Å². The smallest absolute Gasteiger partial charge is 0.280 e. The van der Waals surface area contributed by atoms with Crippen LogP contribution in [0.15, 0.2) is 11.0 Å². The monoisotopic (exact) mass is 279 g/mol. The van der Waals surface area contributed by atoms with Gasteiger partial charge in [0.15, 0.2) is 5.65 Å². The number of rotatable bonds is 7.